The van der Waals surface area contributed by atoms with Gasteiger partial charge in [0.15, 0.2) is 0 Å². The highest BCUT2D eigenvalue weighted by atomic mass is 16.1. The Balaban J connectivity index is 1.54. The molecule has 7 heteroatoms. The lowest BCUT2D eigenvalue weighted by Gasteiger charge is -2.30. The van der Waals surface area contributed by atoms with Gasteiger partial charge in [0.1, 0.15) is 17.9 Å². The van der Waals surface area contributed by atoms with Gasteiger partial charge in [-0.05, 0) is 18.8 Å². The van der Waals surface area contributed by atoms with Gasteiger partial charge in [-0.25, -0.2) is 19.2 Å². The Kier molecular flexibility index (Phi) is 3.45. The number of fused-ring (bicyclic) bond motifs is 1. The summed E-state index contributed by atoms with van der Waals surface area (Å²) in [4.78, 5) is 20.4. The minimum atomic E-state index is 0.225. The Morgan fingerprint density at radius 1 is 1.42 bits per heavy atom. The molecule has 2 aliphatic rings. The van der Waals surface area contributed by atoms with E-state index in [-0.39, 0.29) is 4.48 Å². The third kappa shape index (κ3) is 2.82. The summed E-state index contributed by atoms with van der Waals surface area (Å²) in [6.07, 6.45) is 11.1. The van der Waals surface area contributed by atoms with Crippen molar-refractivity contribution < 1.29 is 9.28 Å². The van der Waals surface area contributed by atoms with Gasteiger partial charge in [0, 0.05) is 37.5 Å². The van der Waals surface area contributed by atoms with Gasteiger partial charge < -0.3 is 5.32 Å². The first kappa shape index (κ1) is 15.0. The van der Waals surface area contributed by atoms with Gasteiger partial charge in [-0.3, -0.25) is 4.68 Å². The average molecular weight is 325 g/mol. The molecular formula is C17H21N6O+. The zero-order chi connectivity index (χ0) is 16.7. The molecule has 1 saturated carbocycles. The largest absolute Gasteiger partial charge is 0.321 e. The molecule has 1 fully saturated rings. The number of anilines is 2. The fourth-order valence-electron chi connectivity index (χ4n) is 2.88. The van der Waals surface area contributed by atoms with Gasteiger partial charge in [0.05, 0.1) is 18.9 Å². The minimum Gasteiger partial charge on any atom is -0.321 e. The van der Waals surface area contributed by atoms with Crippen LogP contribution in [0.4, 0.5) is 11.6 Å². The van der Waals surface area contributed by atoms with E-state index in [9.17, 15) is 4.79 Å². The molecule has 1 aliphatic carbocycles. The van der Waals surface area contributed by atoms with Gasteiger partial charge >= 0.3 is 6.41 Å². The number of carbonyl (C=O) groups excluding carboxylic acids is 1. The summed E-state index contributed by atoms with van der Waals surface area (Å²) in [6.45, 7) is 3.48. The number of rotatable bonds is 5. The molecule has 2 aromatic rings. The molecule has 0 radical (unpaired) electrons. The predicted molar refractivity (Wildman–Crippen MR) is 89.9 cm³/mol. The molecule has 0 spiro atoms. The molecular weight excluding hydrogens is 304 g/mol. The van der Waals surface area contributed by atoms with Crippen LogP contribution >= 0.6 is 0 Å². The lowest BCUT2D eigenvalue weighted by Crippen LogP contribution is -2.42. The number of amides is 1. The standard InChI is InChI=1S/C17H21N6O/c1-12-5-14-6-18-17(21-16(14)10-23(12,2)11-24)20-15-7-19-22(9-15)8-13-3-4-13/h5-7,9,11,13H,3-4,8,10H2,1-2H3,(H,18,20,21)/q+1. The second kappa shape index (κ2) is 5.52. The maximum Gasteiger partial charge on any atom is 0.306 e. The Morgan fingerprint density at radius 2 is 2.25 bits per heavy atom. The summed E-state index contributed by atoms with van der Waals surface area (Å²) in [6, 6.07) is 0. The minimum absolute atomic E-state index is 0.225. The lowest BCUT2D eigenvalue weighted by atomic mass is 10.1. The Labute approximate surface area is 140 Å². The van der Waals surface area contributed by atoms with Crippen molar-refractivity contribution in [2.24, 2.45) is 5.92 Å². The molecule has 2 aromatic heterocycles. The molecule has 1 unspecified atom stereocenters. The highest BCUT2D eigenvalue weighted by Crippen LogP contribution is 2.31. The number of hydrogen-bond acceptors (Lipinski definition) is 5. The Hall–Kier alpha value is -2.54. The molecule has 124 valence electrons. The molecule has 1 atom stereocenters. The predicted octanol–water partition coefficient (Wildman–Crippen LogP) is 2.30. The number of aromatic nitrogens is 4. The fraction of sp³-hybridized carbons (Fsp3) is 0.412. The molecule has 0 aromatic carbocycles. The van der Waals surface area contributed by atoms with Crippen molar-refractivity contribution in [1.29, 1.82) is 0 Å². The highest BCUT2D eigenvalue weighted by Gasteiger charge is 2.31. The zero-order valence-corrected chi connectivity index (χ0v) is 13.9. The van der Waals surface area contributed by atoms with Gasteiger partial charge in [-0.1, -0.05) is 0 Å². The van der Waals surface area contributed by atoms with Crippen LogP contribution in [0, 0.1) is 5.92 Å². The maximum absolute atomic E-state index is 11.4. The van der Waals surface area contributed by atoms with E-state index in [1.807, 2.05) is 30.9 Å². The molecule has 4 rings (SSSR count). The van der Waals surface area contributed by atoms with Crippen LogP contribution in [0.5, 0.6) is 0 Å². The van der Waals surface area contributed by atoms with Gasteiger partial charge in [-0.2, -0.15) is 5.10 Å². The summed E-state index contributed by atoms with van der Waals surface area (Å²) in [5, 5.41) is 7.57. The van der Waals surface area contributed by atoms with Crippen molar-refractivity contribution in [3.05, 3.63) is 35.5 Å². The summed E-state index contributed by atoms with van der Waals surface area (Å²) in [7, 11) is 1.89. The number of nitrogens with one attached hydrogen (secondary N) is 1. The number of allylic oxidation sites excluding steroid dienone is 1. The van der Waals surface area contributed by atoms with Crippen LogP contribution in [0.15, 0.2) is 24.3 Å². The van der Waals surface area contributed by atoms with Crippen LogP contribution in [-0.4, -0.2) is 37.7 Å². The maximum atomic E-state index is 11.4. The first-order valence-corrected chi connectivity index (χ1v) is 8.21. The van der Waals surface area contributed by atoms with Crippen LogP contribution in [-0.2, 0) is 17.9 Å². The first-order valence-electron chi connectivity index (χ1n) is 8.21. The molecule has 3 heterocycles. The first-order chi connectivity index (χ1) is 11.6. The second-order valence-corrected chi connectivity index (χ2v) is 6.93. The van der Waals surface area contributed by atoms with Crippen LogP contribution in [0.2, 0.25) is 0 Å². The number of hydrogen-bond donors (Lipinski definition) is 1. The number of nitrogens with zero attached hydrogens (tertiary/aromatic N) is 5. The SMILES string of the molecule is CC1=Cc2cnc(Nc3cnn(CC4CC4)c3)nc2C[N+]1(C)C=O. The monoisotopic (exact) mass is 325 g/mol. The van der Waals surface area contributed by atoms with Crippen molar-refractivity contribution >= 4 is 24.1 Å². The summed E-state index contributed by atoms with van der Waals surface area (Å²) in [5.74, 6) is 1.32. The highest BCUT2D eigenvalue weighted by molar-refractivity contribution is 5.59. The molecule has 1 amide bonds. The summed E-state index contributed by atoms with van der Waals surface area (Å²) in [5.41, 5.74) is 3.71. The molecule has 0 bridgehead atoms. The molecule has 0 saturated heterocycles. The van der Waals surface area contributed by atoms with E-state index in [0.717, 1.165) is 41.5 Å². The third-order valence-electron chi connectivity index (χ3n) is 4.81. The van der Waals surface area contributed by atoms with Crippen molar-refractivity contribution in [3.8, 4) is 0 Å². The molecule has 24 heavy (non-hydrogen) atoms. The van der Waals surface area contributed by atoms with Crippen LogP contribution in [0.1, 0.15) is 31.0 Å². The van der Waals surface area contributed by atoms with Crippen molar-refractivity contribution in [1.82, 2.24) is 19.7 Å². The van der Waals surface area contributed by atoms with Gasteiger partial charge in [-0.15, -0.1) is 0 Å². The van der Waals surface area contributed by atoms with Crippen LogP contribution < -0.4 is 5.32 Å². The van der Waals surface area contributed by atoms with Gasteiger partial charge in [0.25, 0.3) is 0 Å². The number of quaternary nitrogens is 1. The van der Waals surface area contributed by atoms with Crippen molar-refractivity contribution in [2.45, 2.75) is 32.9 Å². The topological polar surface area (TPSA) is 72.7 Å². The van der Waals surface area contributed by atoms with E-state index in [1.165, 1.54) is 12.8 Å². The van der Waals surface area contributed by atoms with Crippen LogP contribution in [0.25, 0.3) is 6.08 Å². The summed E-state index contributed by atoms with van der Waals surface area (Å²) >= 11 is 0. The second-order valence-electron chi connectivity index (χ2n) is 6.93. The van der Waals surface area contributed by atoms with Crippen LogP contribution in [0.3, 0.4) is 0 Å². The van der Waals surface area contributed by atoms with E-state index in [0.29, 0.717) is 12.5 Å². The van der Waals surface area contributed by atoms with E-state index in [2.05, 4.69) is 20.4 Å². The molecule has 1 N–H and O–H groups in total. The average Bonchev–Trinajstić information content (AvgIpc) is 3.27. The molecule has 7 nitrogen and oxygen atoms in total. The van der Waals surface area contributed by atoms with E-state index >= 15 is 0 Å². The smallest absolute Gasteiger partial charge is 0.306 e. The quantitative estimate of drug-likeness (QED) is 0.674. The van der Waals surface area contributed by atoms with Gasteiger partial charge in [0.2, 0.25) is 5.95 Å². The van der Waals surface area contributed by atoms with Crippen molar-refractivity contribution in [3.63, 3.8) is 0 Å². The Bertz CT molecular complexity index is 822. The zero-order valence-electron chi connectivity index (χ0n) is 13.9. The lowest BCUT2D eigenvalue weighted by molar-refractivity contribution is -0.800. The Morgan fingerprint density at radius 3 is 3.00 bits per heavy atom. The van der Waals surface area contributed by atoms with Crippen molar-refractivity contribution in [2.75, 3.05) is 12.4 Å². The molecule has 1 aliphatic heterocycles. The third-order valence-corrected chi connectivity index (χ3v) is 4.81. The van der Waals surface area contributed by atoms with E-state index in [1.54, 1.807) is 12.4 Å². The van der Waals surface area contributed by atoms with E-state index < -0.39 is 0 Å². The fourth-order valence-corrected chi connectivity index (χ4v) is 2.88. The summed E-state index contributed by atoms with van der Waals surface area (Å²) < 4.78 is 2.19. The normalized spacial score (nSPS) is 22.7. The van der Waals surface area contributed by atoms with E-state index in [4.69, 9.17) is 0 Å². The number of carbonyl (C=O) groups is 1.